The second kappa shape index (κ2) is 7.50. The van der Waals surface area contributed by atoms with E-state index in [1.165, 1.54) is 11.8 Å². The molecule has 0 fully saturated rings. The minimum atomic E-state index is -0.132. The Balaban J connectivity index is 2.70. The summed E-state index contributed by atoms with van der Waals surface area (Å²) in [7, 11) is 0. The van der Waals surface area contributed by atoms with Crippen LogP contribution in [0.2, 0.25) is 0 Å². The standard InChI is InChI=1S/C12H21N3OS3/c1-7(2)15(8(3)4)10(16)9(5)18-12-14-13-11(17-6)19-12/h7-9H,1-6H3. The average molecular weight is 320 g/mol. The maximum atomic E-state index is 12.5. The van der Waals surface area contributed by atoms with Crippen molar-refractivity contribution in [3.05, 3.63) is 0 Å². The van der Waals surface area contributed by atoms with Crippen molar-refractivity contribution in [1.29, 1.82) is 0 Å². The van der Waals surface area contributed by atoms with Gasteiger partial charge in [0, 0.05) is 12.1 Å². The molecule has 1 aromatic heterocycles. The number of carbonyl (C=O) groups excluding carboxylic acids is 1. The van der Waals surface area contributed by atoms with Crippen molar-refractivity contribution in [3.63, 3.8) is 0 Å². The summed E-state index contributed by atoms with van der Waals surface area (Å²) in [5.74, 6) is 0.163. The Morgan fingerprint density at radius 2 is 1.63 bits per heavy atom. The molecule has 7 heteroatoms. The maximum Gasteiger partial charge on any atom is 0.236 e. The smallest absolute Gasteiger partial charge is 0.236 e. The number of rotatable bonds is 6. The molecule has 0 saturated carbocycles. The lowest BCUT2D eigenvalue weighted by Gasteiger charge is -2.32. The summed E-state index contributed by atoms with van der Waals surface area (Å²) in [5.41, 5.74) is 0. The first kappa shape index (κ1) is 16.8. The maximum absolute atomic E-state index is 12.5. The van der Waals surface area contributed by atoms with Crippen LogP contribution in [0.15, 0.2) is 8.68 Å². The highest BCUT2D eigenvalue weighted by Gasteiger charge is 2.26. The van der Waals surface area contributed by atoms with Gasteiger partial charge in [0.25, 0.3) is 0 Å². The number of nitrogens with zero attached hydrogens (tertiary/aromatic N) is 3. The molecule has 1 amide bonds. The van der Waals surface area contributed by atoms with E-state index in [-0.39, 0.29) is 23.2 Å². The molecule has 1 rings (SSSR count). The van der Waals surface area contributed by atoms with Gasteiger partial charge >= 0.3 is 0 Å². The fourth-order valence-corrected chi connectivity index (χ4v) is 4.48. The van der Waals surface area contributed by atoms with Crippen molar-refractivity contribution >= 4 is 40.8 Å². The van der Waals surface area contributed by atoms with Crippen molar-refractivity contribution < 1.29 is 4.79 Å². The fraction of sp³-hybridized carbons (Fsp3) is 0.750. The molecule has 0 aliphatic carbocycles. The van der Waals surface area contributed by atoms with E-state index in [1.54, 1.807) is 23.1 Å². The topological polar surface area (TPSA) is 46.1 Å². The zero-order valence-corrected chi connectivity index (χ0v) is 14.7. The summed E-state index contributed by atoms with van der Waals surface area (Å²) < 4.78 is 1.80. The zero-order chi connectivity index (χ0) is 14.6. The lowest BCUT2D eigenvalue weighted by atomic mass is 10.2. The van der Waals surface area contributed by atoms with E-state index in [9.17, 15) is 4.79 Å². The van der Waals surface area contributed by atoms with Gasteiger partial charge in [0.2, 0.25) is 5.91 Å². The van der Waals surface area contributed by atoms with Crippen LogP contribution in [0.4, 0.5) is 0 Å². The molecule has 0 spiro atoms. The molecular weight excluding hydrogens is 298 g/mol. The SMILES string of the molecule is CSc1nnc(SC(C)C(=O)N(C(C)C)C(C)C)s1. The quantitative estimate of drug-likeness (QED) is 0.752. The molecule has 1 aromatic rings. The largest absolute Gasteiger partial charge is 0.337 e. The zero-order valence-electron chi connectivity index (χ0n) is 12.2. The van der Waals surface area contributed by atoms with Crippen LogP contribution in [0.25, 0.3) is 0 Å². The summed E-state index contributed by atoms with van der Waals surface area (Å²) in [6.45, 7) is 10.1. The van der Waals surface area contributed by atoms with Crippen LogP contribution >= 0.6 is 34.9 Å². The predicted molar refractivity (Wildman–Crippen MR) is 84.1 cm³/mol. The number of aromatic nitrogens is 2. The minimum absolute atomic E-state index is 0.132. The molecule has 0 aromatic carbocycles. The second-order valence-corrected chi connectivity index (χ2v) is 8.35. The molecule has 108 valence electrons. The van der Waals surface area contributed by atoms with Crippen molar-refractivity contribution in [2.24, 2.45) is 0 Å². The molecule has 0 N–H and O–H groups in total. The van der Waals surface area contributed by atoms with Gasteiger partial charge in [-0.25, -0.2) is 0 Å². The Morgan fingerprint density at radius 1 is 1.11 bits per heavy atom. The van der Waals surface area contributed by atoms with Crippen LogP contribution in [0.5, 0.6) is 0 Å². The van der Waals surface area contributed by atoms with E-state index < -0.39 is 0 Å². The summed E-state index contributed by atoms with van der Waals surface area (Å²) >= 11 is 4.61. The molecule has 0 aliphatic heterocycles. The van der Waals surface area contributed by atoms with Crippen LogP contribution in [0, 0.1) is 0 Å². The van der Waals surface area contributed by atoms with Crippen LogP contribution in [0.1, 0.15) is 34.6 Å². The Kier molecular flexibility index (Phi) is 6.62. The van der Waals surface area contributed by atoms with E-state index in [0.29, 0.717) is 0 Å². The van der Waals surface area contributed by atoms with Gasteiger partial charge in [0.1, 0.15) is 0 Å². The summed E-state index contributed by atoms with van der Waals surface area (Å²) in [6.07, 6.45) is 1.98. The Morgan fingerprint density at radius 3 is 2.05 bits per heavy atom. The van der Waals surface area contributed by atoms with E-state index in [4.69, 9.17) is 0 Å². The molecule has 4 nitrogen and oxygen atoms in total. The molecule has 1 unspecified atom stereocenters. The molecule has 0 saturated heterocycles. The van der Waals surface area contributed by atoms with Gasteiger partial charge in [-0.3, -0.25) is 4.79 Å². The molecule has 1 heterocycles. The molecule has 0 aliphatic rings. The highest BCUT2D eigenvalue weighted by Crippen LogP contribution is 2.31. The lowest BCUT2D eigenvalue weighted by Crippen LogP contribution is -2.45. The third-order valence-corrected chi connectivity index (χ3v) is 5.63. The van der Waals surface area contributed by atoms with Crippen molar-refractivity contribution in [2.75, 3.05) is 6.26 Å². The van der Waals surface area contributed by atoms with Crippen molar-refractivity contribution in [2.45, 2.75) is 60.6 Å². The third-order valence-electron chi connectivity index (χ3n) is 2.56. The van der Waals surface area contributed by atoms with Gasteiger partial charge < -0.3 is 4.90 Å². The van der Waals surface area contributed by atoms with Crippen molar-refractivity contribution in [1.82, 2.24) is 15.1 Å². The van der Waals surface area contributed by atoms with Crippen LogP contribution in [-0.2, 0) is 4.79 Å². The number of amides is 1. The van der Waals surface area contributed by atoms with Gasteiger partial charge in [-0.15, -0.1) is 10.2 Å². The van der Waals surface area contributed by atoms with Crippen LogP contribution < -0.4 is 0 Å². The summed E-state index contributed by atoms with van der Waals surface area (Å²) in [6, 6.07) is 0.429. The van der Waals surface area contributed by atoms with E-state index in [0.717, 1.165) is 8.68 Å². The Labute approximate surface area is 127 Å². The second-order valence-electron chi connectivity index (χ2n) is 4.73. The molecule has 0 radical (unpaired) electrons. The predicted octanol–water partition coefficient (Wildman–Crippen LogP) is 3.39. The van der Waals surface area contributed by atoms with Gasteiger partial charge in [-0.2, -0.15) is 0 Å². The first-order valence-electron chi connectivity index (χ1n) is 6.23. The molecule has 1 atom stereocenters. The molecule has 19 heavy (non-hydrogen) atoms. The average Bonchev–Trinajstić information content (AvgIpc) is 2.75. The van der Waals surface area contributed by atoms with Gasteiger partial charge in [-0.05, 0) is 40.9 Å². The monoisotopic (exact) mass is 319 g/mol. The third kappa shape index (κ3) is 4.65. The van der Waals surface area contributed by atoms with Crippen LogP contribution in [0.3, 0.4) is 0 Å². The summed E-state index contributed by atoms with van der Waals surface area (Å²) in [5, 5.41) is 8.01. The van der Waals surface area contributed by atoms with Gasteiger partial charge in [0.15, 0.2) is 8.68 Å². The number of carbonyl (C=O) groups is 1. The highest BCUT2D eigenvalue weighted by molar-refractivity contribution is 8.03. The van der Waals surface area contributed by atoms with Crippen LogP contribution in [-0.4, -0.2) is 44.6 Å². The van der Waals surface area contributed by atoms with E-state index in [1.807, 2.05) is 45.8 Å². The molecule has 0 bridgehead atoms. The van der Waals surface area contributed by atoms with Crippen molar-refractivity contribution in [3.8, 4) is 0 Å². The number of thioether (sulfide) groups is 2. The van der Waals surface area contributed by atoms with E-state index in [2.05, 4.69) is 10.2 Å². The highest BCUT2D eigenvalue weighted by atomic mass is 32.2. The first-order valence-corrected chi connectivity index (χ1v) is 9.15. The Hall–Kier alpha value is -0.270. The normalized spacial score (nSPS) is 13.1. The van der Waals surface area contributed by atoms with E-state index >= 15 is 0 Å². The number of hydrogen-bond donors (Lipinski definition) is 0. The minimum Gasteiger partial charge on any atom is -0.337 e. The fourth-order valence-electron chi connectivity index (χ4n) is 1.84. The summed E-state index contributed by atoms with van der Waals surface area (Å²) in [4.78, 5) is 14.4. The Bertz CT molecular complexity index is 412. The first-order chi connectivity index (χ1) is 8.86. The number of hydrogen-bond acceptors (Lipinski definition) is 6. The van der Waals surface area contributed by atoms with Gasteiger partial charge in [0.05, 0.1) is 5.25 Å². The lowest BCUT2D eigenvalue weighted by molar-refractivity contribution is -0.133. The van der Waals surface area contributed by atoms with Gasteiger partial charge in [-0.1, -0.05) is 34.9 Å². The molecular formula is C12H21N3OS3.